The van der Waals surface area contributed by atoms with Gasteiger partial charge in [0.15, 0.2) is 0 Å². The number of benzene rings is 1. The number of aryl methyl sites for hydroxylation is 2. The summed E-state index contributed by atoms with van der Waals surface area (Å²) in [7, 11) is 0. The molecule has 1 aromatic carbocycles. The van der Waals surface area contributed by atoms with Gasteiger partial charge < -0.3 is 9.88 Å². The lowest BCUT2D eigenvalue weighted by molar-refractivity contribution is -0.120. The Balaban J connectivity index is 1.66. The van der Waals surface area contributed by atoms with Crippen LogP contribution in [0.4, 0.5) is 0 Å². The van der Waals surface area contributed by atoms with E-state index in [1.807, 2.05) is 22.9 Å². The van der Waals surface area contributed by atoms with Crippen LogP contribution in [0.5, 0.6) is 0 Å². The quantitative estimate of drug-likeness (QED) is 0.785. The minimum absolute atomic E-state index is 0.0832. The SMILES string of the molecule is CCc1ccc(CC(=O)NCCCn2ccnc2)cc1. The Morgan fingerprint density at radius 1 is 1.25 bits per heavy atom. The van der Waals surface area contributed by atoms with Crippen molar-refractivity contribution >= 4 is 5.91 Å². The molecule has 0 radical (unpaired) electrons. The van der Waals surface area contributed by atoms with Crippen molar-refractivity contribution in [1.82, 2.24) is 14.9 Å². The van der Waals surface area contributed by atoms with Crippen LogP contribution in [0, 0.1) is 0 Å². The van der Waals surface area contributed by atoms with Gasteiger partial charge in [-0.3, -0.25) is 4.79 Å². The van der Waals surface area contributed by atoms with Crippen molar-refractivity contribution in [3.8, 4) is 0 Å². The summed E-state index contributed by atoms with van der Waals surface area (Å²) in [6, 6.07) is 8.23. The molecule has 2 aromatic rings. The Hall–Kier alpha value is -2.10. The predicted molar refractivity (Wildman–Crippen MR) is 79.4 cm³/mol. The first kappa shape index (κ1) is 14.3. The first-order chi connectivity index (χ1) is 9.78. The summed E-state index contributed by atoms with van der Waals surface area (Å²) in [5.74, 6) is 0.0832. The second-order valence-electron chi connectivity index (χ2n) is 4.85. The number of hydrogen-bond donors (Lipinski definition) is 1. The van der Waals surface area contributed by atoms with Gasteiger partial charge in [-0.05, 0) is 24.0 Å². The number of aromatic nitrogens is 2. The van der Waals surface area contributed by atoms with Gasteiger partial charge in [0.25, 0.3) is 0 Å². The Morgan fingerprint density at radius 3 is 2.65 bits per heavy atom. The molecule has 1 amide bonds. The predicted octanol–water partition coefficient (Wildman–Crippen LogP) is 2.19. The van der Waals surface area contributed by atoms with Crippen LogP contribution >= 0.6 is 0 Å². The molecule has 20 heavy (non-hydrogen) atoms. The van der Waals surface area contributed by atoms with Crippen molar-refractivity contribution in [2.75, 3.05) is 6.54 Å². The molecule has 0 fully saturated rings. The van der Waals surface area contributed by atoms with Gasteiger partial charge in [0.1, 0.15) is 0 Å². The third kappa shape index (κ3) is 4.53. The van der Waals surface area contributed by atoms with Gasteiger partial charge in [0, 0.05) is 25.5 Å². The van der Waals surface area contributed by atoms with E-state index in [0.717, 1.165) is 24.9 Å². The molecule has 0 saturated heterocycles. The Kier molecular flexibility index (Phi) is 5.35. The van der Waals surface area contributed by atoms with E-state index in [0.29, 0.717) is 13.0 Å². The normalized spacial score (nSPS) is 10.4. The Morgan fingerprint density at radius 2 is 2.00 bits per heavy atom. The lowest BCUT2D eigenvalue weighted by Crippen LogP contribution is -2.26. The van der Waals surface area contributed by atoms with Crippen molar-refractivity contribution in [2.24, 2.45) is 0 Å². The van der Waals surface area contributed by atoms with Gasteiger partial charge in [0.05, 0.1) is 12.7 Å². The van der Waals surface area contributed by atoms with Gasteiger partial charge in [-0.15, -0.1) is 0 Å². The maximum absolute atomic E-state index is 11.8. The summed E-state index contributed by atoms with van der Waals surface area (Å²) in [4.78, 5) is 15.8. The lowest BCUT2D eigenvalue weighted by atomic mass is 10.1. The molecular weight excluding hydrogens is 250 g/mol. The molecule has 0 saturated carbocycles. The minimum Gasteiger partial charge on any atom is -0.356 e. The Labute approximate surface area is 119 Å². The average Bonchev–Trinajstić information content (AvgIpc) is 2.98. The van der Waals surface area contributed by atoms with Crippen LogP contribution in [0.3, 0.4) is 0 Å². The molecule has 0 aliphatic heterocycles. The third-order valence-electron chi connectivity index (χ3n) is 3.27. The molecule has 1 N–H and O–H groups in total. The molecular formula is C16H21N3O. The van der Waals surface area contributed by atoms with Crippen molar-refractivity contribution in [3.63, 3.8) is 0 Å². The van der Waals surface area contributed by atoms with Crippen LogP contribution in [-0.2, 0) is 24.2 Å². The van der Waals surface area contributed by atoms with Crippen LogP contribution in [0.25, 0.3) is 0 Å². The monoisotopic (exact) mass is 271 g/mol. The van der Waals surface area contributed by atoms with Crippen molar-refractivity contribution < 1.29 is 4.79 Å². The van der Waals surface area contributed by atoms with E-state index in [1.165, 1.54) is 5.56 Å². The summed E-state index contributed by atoms with van der Waals surface area (Å²) >= 11 is 0. The fraction of sp³-hybridized carbons (Fsp3) is 0.375. The molecule has 0 unspecified atom stereocenters. The number of hydrogen-bond acceptors (Lipinski definition) is 2. The zero-order valence-corrected chi connectivity index (χ0v) is 11.9. The smallest absolute Gasteiger partial charge is 0.224 e. The fourth-order valence-electron chi connectivity index (χ4n) is 2.05. The Bertz CT molecular complexity index is 517. The van der Waals surface area contributed by atoms with Crippen LogP contribution in [0.1, 0.15) is 24.5 Å². The number of imidazole rings is 1. The summed E-state index contributed by atoms with van der Waals surface area (Å²) in [6.07, 6.45) is 7.87. The standard InChI is InChI=1S/C16H21N3O/c1-2-14-4-6-15(7-5-14)12-16(20)18-8-3-10-19-11-9-17-13-19/h4-7,9,11,13H,2-3,8,10,12H2,1H3,(H,18,20). The van der Waals surface area contributed by atoms with Crippen molar-refractivity contribution in [2.45, 2.75) is 32.7 Å². The molecule has 1 heterocycles. The summed E-state index contributed by atoms with van der Waals surface area (Å²) in [6.45, 7) is 3.71. The van der Waals surface area contributed by atoms with Gasteiger partial charge in [-0.25, -0.2) is 4.98 Å². The highest BCUT2D eigenvalue weighted by molar-refractivity contribution is 5.78. The second-order valence-corrected chi connectivity index (χ2v) is 4.85. The number of carbonyl (C=O) groups excluding carboxylic acids is 1. The van der Waals surface area contributed by atoms with Crippen LogP contribution in [-0.4, -0.2) is 22.0 Å². The highest BCUT2D eigenvalue weighted by Crippen LogP contribution is 2.05. The third-order valence-corrected chi connectivity index (χ3v) is 3.27. The van der Waals surface area contributed by atoms with E-state index in [1.54, 1.807) is 12.5 Å². The van der Waals surface area contributed by atoms with Crippen LogP contribution in [0.15, 0.2) is 43.0 Å². The van der Waals surface area contributed by atoms with E-state index in [2.05, 4.69) is 29.4 Å². The number of rotatable bonds is 7. The number of nitrogens with one attached hydrogen (secondary N) is 1. The van der Waals surface area contributed by atoms with E-state index < -0.39 is 0 Å². The first-order valence-corrected chi connectivity index (χ1v) is 7.08. The number of nitrogens with zero attached hydrogens (tertiary/aromatic N) is 2. The van der Waals surface area contributed by atoms with E-state index in [4.69, 9.17) is 0 Å². The summed E-state index contributed by atoms with van der Waals surface area (Å²) < 4.78 is 2.01. The van der Waals surface area contributed by atoms with Gasteiger partial charge in [0.2, 0.25) is 5.91 Å². The van der Waals surface area contributed by atoms with Crippen molar-refractivity contribution in [1.29, 1.82) is 0 Å². The molecule has 1 aromatic heterocycles. The molecule has 0 bridgehead atoms. The second kappa shape index (κ2) is 7.48. The maximum atomic E-state index is 11.8. The fourth-order valence-corrected chi connectivity index (χ4v) is 2.05. The maximum Gasteiger partial charge on any atom is 0.224 e. The molecule has 2 rings (SSSR count). The molecule has 0 atom stereocenters. The van der Waals surface area contributed by atoms with E-state index in [-0.39, 0.29) is 5.91 Å². The number of carbonyl (C=O) groups is 1. The van der Waals surface area contributed by atoms with Gasteiger partial charge in [-0.2, -0.15) is 0 Å². The molecule has 4 nitrogen and oxygen atoms in total. The first-order valence-electron chi connectivity index (χ1n) is 7.08. The van der Waals surface area contributed by atoms with E-state index >= 15 is 0 Å². The highest BCUT2D eigenvalue weighted by Gasteiger charge is 2.02. The summed E-state index contributed by atoms with van der Waals surface area (Å²) in [5.41, 5.74) is 2.36. The molecule has 4 heteroatoms. The van der Waals surface area contributed by atoms with Crippen LogP contribution in [0.2, 0.25) is 0 Å². The minimum atomic E-state index is 0.0832. The van der Waals surface area contributed by atoms with Crippen LogP contribution < -0.4 is 5.32 Å². The molecule has 0 aliphatic rings. The lowest BCUT2D eigenvalue weighted by Gasteiger charge is -2.06. The molecule has 106 valence electrons. The number of amides is 1. The molecule has 0 spiro atoms. The average molecular weight is 271 g/mol. The topological polar surface area (TPSA) is 46.9 Å². The van der Waals surface area contributed by atoms with Gasteiger partial charge in [-0.1, -0.05) is 31.2 Å². The summed E-state index contributed by atoms with van der Waals surface area (Å²) in [5, 5.41) is 2.95. The van der Waals surface area contributed by atoms with Gasteiger partial charge >= 0.3 is 0 Å². The molecule has 0 aliphatic carbocycles. The van der Waals surface area contributed by atoms with E-state index in [9.17, 15) is 4.79 Å². The zero-order chi connectivity index (χ0) is 14.2. The zero-order valence-electron chi connectivity index (χ0n) is 11.9. The highest BCUT2D eigenvalue weighted by atomic mass is 16.1. The largest absolute Gasteiger partial charge is 0.356 e. The van der Waals surface area contributed by atoms with Crippen molar-refractivity contribution in [3.05, 3.63) is 54.1 Å².